The van der Waals surface area contributed by atoms with Gasteiger partial charge in [0.1, 0.15) is 6.33 Å². The van der Waals surface area contributed by atoms with E-state index in [1.165, 1.54) is 10.9 Å². The minimum Gasteiger partial charge on any atom is -0.269 e. The molecule has 0 saturated carbocycles. The molecule has 0 fully saturated rings. The lowest BCUT2D eigenvalue weighted by Crippen LogP contribution is -2.21. The zero-order chi connectivity index (χ0) is 13.6. The number of hydrogen-bond acceptors (Lipinski definition) is 3. The highest BCUT2D eigenvalue weighted by molar-refractivity contribution is 5.46. The third kappa shape index (κ3) is 1.72. The summed E-state index contributed by atoms with van der Waals surface area (Å²) in [5, 5.41) is 7.45. The average Bonchev–Trinajstić information content (AvgIpc) is 2.83. The van der Waals surface area contributed by atoms with Crippen LogP contribution in [-0.2, 0) is 0 Å². The van der Waals surface area contributed by atoms with Gasteiger partial charge in [0.2, 0.25) is 11.7 Å². The molecule has 0 saturated heterocycles. The average molecular weight is 258 g/mol. The lowest BCUT2D eigenvalue weighted by Gasteiger charge is -2.09. The Hall–Kier alpha value is -2.50. The Morgan fingerprint density at radius 3 is 2.68 bits per heavy atom. The van der Waals surface area contributed by atoms with E-state index >= 15 is 0 Å². The van der Waals surface area contributed by atoms with Crippen molar-refractivity contribution in [3.63, 3.8) is 0 Å². The van der Waals surface area contributed by atoms with Crippen LogP contribution in [0.15, 0.2) is 35.4 Å². The summed E-state index contributed by atoms with van der Waals surface area (Å²) in [6.45, 7) is 3.94. The molecule has 0 N–H and O–H groups in total. The van der Waals surface area contributed by atoms with Crippen LogP contribution in [-0.4, -0.2) is 19.2 Å². The Labute approximate surface area is 108 Å². The normalized spacial score (nSPS) is 11.1. The molecule has 0 unspecified atom stereocenters. The van der Waals surface area contributed by atoms with Crippen molar-refractivity contribution >= 4 is 5.78 Å². The van der Waals surface area contributed by atoms with Crippen molar-refractivity contribution in [3.05, 3.63) is 58.0 Å². The van der Waals surface area contributed by atoms with Crippen LogP contribution >= 0.6 is 0 Å². The molecule has 0 spiro atoms. The molecule has 3 aromatic rings. The third-order valence-corrected chi connectivity index (χ3v) is 3.17. The SMILES string of the molecule is Cc1ccc(-n2c(=O)cc(F)n3cnnc23)cc1C. The first-order chi connectivity index (χ1) is 9.08. The molecular weight excluding hydrogens is 247 g/mol. The van der Waals surface area contributed by atoms with Crippen molar-refractivity contribution in [3.8, 4) is 5.69 Å². The van der Waals surface area contributed by atoms with Crippen molar-refractivity contribution < 1.29 is 4.39 Å². The van der Waals surface area contributed by atoms with E-state index in [4.69, 9.17) is 0 Å². The Kier molecular flexibility index (Phi) is 2.45. The molecule has 0 radical (unpaired) electrons. The predicted octanol–water partition coefficient (Wildman–Crippen LogP) is 1.64. The van der Waals surface area contributed by atoms with Gasteiger partial charge in [-0.2, -0.15) is 4.39 Å². The van der Waals surface area contributed by atoms with Gasteiger partial charge in [-0.05, 0) is 37.1 Å². The zero-order valence-corrected chi connectivity index (χ0v) is 10.5. The lowest BCUT2D eigenvalue weighted by molar-refractivity contribution is 0.557. The monoisotopic (exact) mass is 258 g/mol. The Balaban J connectivity index is 2.39. The molecule has 0 aliphatic rings. The number of hydrogen-bond donors (Lipinski definition) is 0. The summed E-state index contributed by atoms with van der Waals surface area (Å²) in [5.74, 6) is -0.515. The van der Waals surface area contributed by atoms with Gasteiger partial charge < -0.3 is 0 Å². The third-order valence-electron chi connectivity index (χ3n) is 3.17. The van der Waals surface area contributed by atoms with Gasteiger partial charge >= 0.3 is 0 Å². The summed E-state index contributed by atoms with van der Waals surface area (Å²) in [6.07, 6.45) is 1.24. The van der Waals surface area contributed by atoms with E-state index in [0.29, 0.717) is 5.69 Å². The van der Waals surface area contributed by atoms with Crippen LogP contribution in [0, 0.1) is 19.8 Å². The highest BCUT2D eigenvalue weighted by Crippen LogP contribution is 2.14. The van der Waals surface area contributed by atoms with Gasteiger partial charge in [0, 0.05) is 0 Å². The molecule has 0 atom stereocenters. The van der Waals surface area contributed by atoms with Gasteiger partial charge in [0.05, 0.1) is 11.8 Å². The fraction of sp³-hybridized carbons (Fsp3) is 0.154. The summed E-state index contributed by atoms with van der Waals surface area (Å²) < 4.78 is 16.1. The number of nitrogens with zero attached hydrogens (tertiary/aromatic N) is 4. The molecule has 3 rings (SSSR count). The molecule has 1 aromatic carbocycles. The van der Waals surface area contributed by atoms with E-state index < -0.39 is 11.5 Å². The molecule has 0 aliphatic carbocycles. The van der Waals surface area contributed by atoms with E-state index in [1.54, 1.807) is 6.07 Å². The Morgan fingerprint density at radius 2 is 1.95 bits per heavy atom. The highest BCUT2D eigenvalue weighted by atomic mass is 19.1. The number of fused-ring (bicyclic) bond motifs is 1. The minimum absolute atomic E-state index is 0.160. The second-order valence-corrected chi connectivity index (χ2v) is 4.41. The van der Waals surface area contributed by atoms with Crippen LogP contribution in [0.2, 0.25) is 0 Å². The first-order valence-corrected chi connectivity index (χ1v) is 5.77. The van der Waals surface area contributed by atoms with Crippen LogP contribution in [0.5, 0.6) is 0 Å². The van der Waals surface area contributed by atoms with Gasteiger partial charge in [-0.15, -0.1) is 10.2 Å². The summed E-state index contributed by atoms with van der Waals surface area (Å²) in [6, 6.07) is 6.50. The molecule has 96 valence electrons. The van der Waals surface area contributed by atoms with Crippen LogP contribution in [0.3, 0.4) is 0 Å². The molecule has 5 nitrogen and oxygen atoms in total. The largest absolute Gasteiger partial charge is 0.269 e. The number of aryl methyl sites for hydroxylation is 2. The van der Waals surface area contributed by atoms with Crippen molar-refractivity contribution in [1.82, 2.24) is 19.2 Å². The number of halogens is 1. The first-order valence-electron chi connectivity index (χ1n) is 5.77. The Morgan fingerprint density at radius 1 is 1.16 bits per heavy atom. The number of rotatable bonds is 1. The summed E-state index contributed by atoms with van der Waals surface area (Å²) >= 11 is 0. The topological polar surface area (TPSA) is 52.2 Å². The van der Waals surface area contributed by atoms with Crippen LogP contribution in [0.1, 0.15) is 11.1 Å². The predicted molar refractivity (Wildman–Crippen MR) is 68.0 cm³/mol. The van der Waals surface area contributed by atoms with E-state index in [2.05, 4.69) is 10.2 Å². The van der Waals surface area contributed by atoms with E-state index in [-0.39, 0.29) is 5.78 Å². The molecule has 0 bridgehead atoms. The summed E-state index contributed by atoms with van der Waals surface area (Å²) in [7, 11) is 0. The molecular formula is C13H11FN4O. The molecule has 6 heteroatoms. The van der Waals surface area contributed by atoms with E-state index in [1.807, 2.05) is 26.0 Å². The van der Waals surface area contributed by atoms with Gasteiger partial charge in [-0.3, -0.25) is 4.79 Å². The number of benzene rings is 1. The van der Waals surface area contributed by atoms with Gasteiger partial charge in [-0.25, -0.2) is 8.97 Å². The van der Waals surface area contributed by atoms with E-state index in [0.717, 1.165) is 21.6 Å². The lowest BCUT2D eigenvalue weighted by atomic mass is 10.1. The van der Waals surface area contributed by atoms with Crippen LogP contribution in [0.4, 0.5) is 4.39 Å². The van der Waals surface area contributed by atoms with Crippen molar-refractivity contribution in [2.24, 2.45) is 0 Å². The second kappa shape index (κ2) is 4.01. The molecule has 0 aliphatic heterocycles. The first kappa shape index (κ1) is 11.6. The van der Waals surface area contributed by atoms with Crippen molar-refractivity contribution in [1.29, 1.82) is 0 Å². The maximum absolute atomic E-state index is 13.6. The standard InChI is InChI=1S/C13H11FN4O/c1-8-3-4-10(5-9(8)2)18-12(19)6-11(14)17-7-15-16-13(17)18/h3-7H,1-2H3. The maximum Gasteiger partial charge on any atom is 0.262 e. The Bertz CT molecular complexity index is 834. The van der Waals surface area contributed by atoms with Crippen LogP contribution < -0.4 is 5.56 Å². The highest BCUT2D eigenvalue weighted by Gasteiger charge is 2.12. The van der Waals surface area contributed by atoms with Gasteiger partial charge in [-0.1, -0.05) is 6.07 Å². The fourth-order valence-corrected chi connectivity index (χ4v) is 1.97. The smallest absolute Gasteiger partial charge is 0.262 e. The molecule has 19 heavy (non-hydrogen) atoms. The molecule has 2 aromatic heterocycles. The maximum atomic E-state index is 13.6. The number of aromatic nitrogens is 4. The van der Waals surface area contributed by atoms with Crippen molar-refractivity contribution in [2.45, 2.75) is 13.8 Å². The van der Waals surface area contributed by atoms with Gasteiger partial charge in [0.15, 0.2) is 0 Å². The second-order valence-electron chi connectivity index (χ2n) is 4.41. The summed E-state index contributed by atoms with van der Waals surface area (Å²) in [5.41, 5.74) is 2.34. The minimum atomic E-state index is -0.676. The van der Waals surface area contributed by atoms with Crippen LogP contribution in [0.25, 0.3) is 11.5 Å². The van der Waals surface area contributed by atoms with Crippen molar-refractivity contribution in [2.75, 3.05) is 0 Å². The zero-order valence-electron chi connectivity index (χ0n) is 10.5. The quantitative estimate of drug-likeness (QED) is 0.623. The fourth-order valence-electron chi connectivity index (χ4n) is 1.97. The molecule has 2 heterocycles. The van der Waals surface area contributed by atoms with E-state index in [9.17, 15) is 9.18 Å². The molecule has 0 amide bonds. The van der Waals surface area contributed by atoms with Gasteiger partial charge in [0.25, 0.3) is 5.56 Å². The summed E-state index contributed by atoms with van der Waals surface area (Å²) in [4.78, 5) is 12.0.